The number of ether oxygens (including phenoxy) is 2. The molecule has 6 heteroatoms. The van der Waals surface area contributed by atoms with Gasteiger partial charge in [0.25, 0.3) is 11.7 Å². The number of carbonyl (C=O) groups excluding carboxylic acids is 2. The van der Waals surface area contributed by atoms with Gasteiger partial charge in [-0.1, -0.05) is 30.3 Å². The maximum Gasteiger partial charge on any atom is 0.295 e. The lowest BCUT2D eigenvalue weighted by atomic mass is 9.94. The molecule has 0 saturated carbocycles. The van der Waals surface area contributed by atoms with E-state index in [0.717, 1.165) is 0 Å². The van der Waals surface area contributed by atoms with Crippen LogP contribution in [-0.2, 0) is 9.59 Å². The Hall–Kier alpha value is -3.28. The van der Waals surface area contributed by atoms with Gasteiger partial charge in [-0.25, -0.2) is 0 Å². The number of ketones is 1. The summed E-state index contributed by atoms with van der Waals surface area (Å²) in [5.74, 6) is -0.568. The highest BCUT2D eigenvalue weighted by Gasteiger charge is 2.45. The van der Waals surface area contributed by atoms with Crippen molar-refractivity contribution in [2.45, 2.75) is 6.04 Å². The normalized spacial score (nSPS) is 18.9. The molecule has 1 aliphatic rings. The van der Waals surface area contributed by atoms with E-state index in [1.165, 1.54) is 26.2 Å². The van der Waals surface area contributed by atoms with Gasteiger partial charge in [0.15, 0.2) is 0 Å². The highest BCUT2D eigenvalue weighted by Crippen LogP contribution is 2.42. The molecule has 1 N–H and O–H groups in total. The lowest BCUT2D eigenvalue weighted by Crippen LogP contribution is -2.25. The molecule has 1 saturated heterocycles. The van der Waals surface area contributed by atoms with Crippen molar-refractivity contribution in [1.29, 1.82) is 0 Å². The number of amides is 1. The summed E-state index contributed by atoms with van der Waals surface area (Å²) < 4.78 is 10.6. The number of hydrogen-bond donors (Lipinski definition) is 1. The molecule has 134 valence electrons. The fourth-order valence-corrected chi connectivity index (χ4v) is 3.11. The Balaban J connectivity index is 2.21. The van der Waals surface area contributed by atoms with Crippen LogP contribution in [0, 0.1) is 0 Å². The Labute approximate surface area is 151 Å². The molecule has 0 aromatic heterocycles. The Morgan fingerprint density at radius 3 is 2.35 bits per heavy atom. The number of methoxy groups -OCH3 is 2. The number of likely N-dealkylation sites (N-methyl/N-ethyl adjacent to an activating group) is 1. The van der Waals surface area contributed by atoms with Crippen molar-refractivity contribution in [3.05, 3.63) is 65.2 Å². The predicted octanol–water partition coefficient (Wildman–Crippen LogP) is 2.76. The number of Topliss-reactive ketones (excluding diaryl/α,β-unsaturated/α-hetero) is 1. The molecule has 6 nitrogen and oxygen atoms in total. The summed E-state index contributed by atoms with van der Waals surface area (Å²) in [5.41, 5.74) is 1.09. The first-order chi connectivity index (χ1) is 12.5. The second kappa shape index (κ2) is 6.92. The third kappa shape index (κ3) is 2.79. The molecule has 2 aromatic carbocycles. The largest absolute Gasteiger partial charge is 0.507 e. The molecule has 1 heterocycles. The minimum absolute atomic E-state index is 0.0344. The maximum atomic E-state index is 12.6. The summed E-state index contributed by atoms with van der Waals surface area (Å²) in [6.45, 7) is 0. The highest BCUT2D eigenvalue weighted by atomic mass is 16.5. The molecule has 0 spiro atoms. The number of carbonyl (C=O) groups is 2. The van der Waals surface area contributed by atoms with Crippen LogP contribution in [-0.4, -0.2) is 43.0 Å². The number of nitrogens with zero attached hydrogens (tertiary/aromatic N) is 1. The SMILES string of the molecule is COc1ccc(C2/C(=C(/O)c3ccccc3)C(=O)C(=O)N2C)c(OC)c1. The van der Waals surface area contributed by atoms with Gasteiger partial charge >= 0.3 is 0 Å². The van der Waals surface area contributed by atoms with Crippen molar-refractivity contribution < 1.29 is 24.2 Å². The second-order valence-corrected chi connectivity index (χ2v) is 5.88. The van der Waals surface area contributed by atoms with Crippen LogP contribution in [0.15, 0.2) is 54.1 Å². The number of aliphatic hydroxyl groups excluding tert-OH is 1. The van der Waals surface area contributed by atoms with Gasteiger partial charge in [0.1, 0.15) is 17.3 Å². The van der Waals surface area contributed by atoms with Crippen LogP contribution >= 0.6 is 0 Å². The minimum Gasteiger partial charge on any atom is -0.507 e. The molecule has 2 aromatic rings. The number of aliphatic hydroxyl groups is 1. The highest BCUT2D eigenvalue weighted by molar-refractivity contribution is 6.46. The Morgan fingerprint density at radius 2 is 1.73 bits per heavy atom. The third-order valence-electron chi connectivity index (χ3n) is 4.46. The molecule has 0 radical (unpaired) electrons. The molecule has 3 rings (SSSR count). The lowest BCUT2D eigenvalue weighted by molar-refractivity contribution is -0.139. The number of hydrogen-bond acceptors (Lipinski definition) is 5. The quantitative estimate of drug-likeness (QED) is 0.520. The number of rotatable bonds is 4. The minimum atomic E-state index is -0.754. The fraction of sp³-hybridized carbons (Fsp3) is 0.200. The van der Waals surface area contributed by atoms with Crippen molar-refractivity contribution in [3.63, 3.8) is 0 Å². The van der Waals surface area contributed by atoms with E-state index in [2.05, 4.69) is 0 Å². The van der Waals surface area contributed by atoms with Gasteiger partial charge in [-0.2, -0.15) is 0 Å². The summed E-state index contributed by atoms with van der Waals surface area (Å²) in [6, 6.07) is 13.0. The predicted molar refractivity (Wildman–Crippen MR) is 96.1 cm³/mol. The van der Waals surface area contributed by atoms with Gasteiger partial charge in [-0.3, -0.25) is 9.59 Å². The third-order valence-corrected chi connectivity index (χ3v) is 4.46. The number of likely N-dealkylation sites (tertiary alicyclic amines) is 1. The van der Waals surface area contributed by atoms with Gasteiger partial charge < -0.3 is 19.5 Å². The summed E-state index contributed by atoms with van der Waals surface area (Å²) in [7, 11) is 4.56. The van der Waals surface area contributed by atoms with Gasteiger partial charge in [0.2, 0.25) is 0 Å². The van der Waals surface area contributed by atoms with Gasteiger partial charge in [0.05, 0.1) is 25.8 Å². The van der Waals surface area contributed by atoms with E-state index in [9.17, 15) is 14.7 Å². The molecule has 1 aliphatic heterocycles. The maximum absolute atomic E-state index is 12.6. The summed E-state index contributed by atoms with van der Waals surface area (Å²) in [5, 5.41) is 10.7. The molecule has 0 aliphatic carbocycles. The van der Waals surface area contributed by atoms with Crippen molar-refractivity contribution in [2.75, 3.05) is 21.3 Å². The van der Waals surface area contributed by atoms with Crippen LogP contribution in [0.3, 0.4) is 0 Å². The monoisotopic (exact) mass is 353 g/mol. The van der Waals surface area contributed by atoms with Crippen LogP contribution in [0.2, 0.25) is 0 Å². The second-order valence-electron chi connectivity index (χ2n) is 5.88. The Kier molecular flexibility index (Phi) is 4.67. The first-order valence-corrected chi connectivity index (χ1v) is 8.01. The van der Waals surface area contributed by atoms with Crippen molar-refractivity contribution in [3.8, 4) is 11.5 Å². The van der Waals surface area contributed by atoms with E-state index < -0.39 is 17.7 Å². The number of benzene rings is 2. The van der Waals surface area contributed by atoms with Gasteiger partial charge in [-0.05, 0) is 12.1 Å². The van der Waals surface area contributed by atoms with E-state index >= 15 is 0 Å². The Bertz CT molecular complexity index is 888. The van der Waals surface area contributed by atoms with Gasteiger partial charge in [0, 0.05) is 24.2 Å². The van der Waals surface area contributed by atoms with Crippen molar-refractivity contribution >= 4 is 17.4 Å². The summed E-state index contributed by atoms with van der Waals surface area (Å²) >= 11 is 0. The molecular weight excluding hydrogens is 334 g/mol. The lowest BCUT2D eigenvalue weighted by Gasteiger charge is -2.23. The van der Waals surface area contributed by atoms with Crippen molar-refractivity contribution in [2.24, 2.45) is 0 Å². The van der Waals surface area contributed by atoms with E-state index in [4.69, 9.17) is 9.47 Å². The van der Waals surface area contributed by atoms with Crippen LogP contribution in [0.25, 0.3) is 5.76 Å². The molecular formula is C20H19NO5. The van der Waals surface area contributed by atoms with Crippen LogP contribution in [0.5, 0.6) is 11.5 Å². The molecule has 1 unspecified atom stereocenters. The van der Waals surface area contributed by atoms with Crippen LogP contribution in [0.4, 0.5) is 0 Å². The zero-order valence-corrected chi connectivity index (χ0v) is 14.7. The average Bonchev–Trinajstić information content (AvgIpc) is 2.91. The Morgan fingerprint density at radius 1 is 1.04 bits per heavy atom. The molecule has 1 amide bonds. The first-order valence-electron chi connectivity index (χ1n) is 8.01. The zero-order valence-electron chi connectivity index (χ0n) is 14.7. The van der Waals surface area contributed by atoms with E-state index in [1.54, 1.807) is 48.5 Å². The summed E-state index contributed by atoms with van der Waals surface area (Å²) in [6.07, 6.45) is 0. The molecule has 1 fully saturated rings. The molecule has 26 heavy (non-hydrogen) atoms. The fourth-order valence-electron chi connectivity index (χ4n) is 3.11. The summed E-state index contributed by atoms with van der Waals surface area (Å²) in [4.78, 5) is 26.2. The standard InChI is InChI=1S/C20H19NO5/c1-21-17(14-10-9-13(25-2)11-15(14)26-3)16(19(23)20(21)24)18(22)12-7-5-4-6-8-12/h4-11,17,22H,1-3H3/b18-16-. The topological polar surface area (TPSA) is 76.1 Å². The molecule has 0 bridgehead atoms. The van der Waals surface area contributed by atoms with Gasteiger partial charge in [-0.15, -0.1) is 0 Å². The smallest absolute Gasteiger partial charge is 0.295 e. The van der Waals surface area contributed by atoms with Crippen LogP contribution < -0.4 is 9.47 Å². The molecule has 1 atom stereocenters. The zero-order chi connectivity index (χ0) is 18.8. The van der Waals surface area contributed by atoms with E-state index in [-0.39, 0.29) is 11.3 Å². The van der Waals surface area contributed by atoms with Crippen LogP contribution in [0.1, 0.15) is 17.2 Å². The first kappa shape index (κ1) is 17.5. The van der Waals surface area contributed by atoms with E-state index in [1.807, 2.05) is 0 Å². The van der Waals surface area contributed by atoms with E-state index in [0.29, 0.717) is 22.6 Å². The van der Waals surface area contributed by atoms with Crippen molar-refractivity contribution in [1.82, 2.24) is 4.90 Å². The average molecular weight is 353 g/mol.